The first-order valence-corrected chi connectivity index (χ1v) is 8.10. The topological polar surface area (TPSA) is 49.4 Å². The number of benzene rings is 1. The predicted octanol–water partition coefficient (Wildman–Crippen LogP) is 1.60. The molecule has 1 aromatic carbocycles. The minimum absolute atomic E-state index is 0.154. The Hall–Kier alpha value is -0.690. The van der Waals surface area contributed by atoms with Gasteiger partial charge in [-0.15, -0.1) is 0 Å². The molecule has 1 heterocycles. The number of sulfonamides is 1. The summed E-state index contributed by atoms with van der Waals surface area (Å²) >= 11 is 5.65. The average Bonchev–Trinajstić information content (AvgIpc) is 2.62. The van der Waals surface area contributed by atoms with Crippen molar-refractivity contribution in [2.45, 2.75) is 12.2 Å². The van der Waals surface area contributed by atoms with Gasteiger partial charge in [-0.05, 0) is 25.1 Å². The predicted molar refractivity (Wildman–Crippen MR) is 73.1 cm³/mol. The lowest BCUT2D eigenvalue weighted by molar-refractivity contribution is 0.430. The van der Waals surface area contributed by atoms with E-state index < -0.39 is 15.8 Å². The normalized spacial score (nSPS) is 18.2. The summed E-state index contributed by atoms with van der Waals surface area (Å²) in [5.41, 5.74) is 0.154. The molecule has 1 aliphatic heterocycles. The molecule has 0 unspecified atom stereocenters. The van der Waals surface area contributed by atoms with E-state index in [9.17, 15) is 12.8 Å². The van der Waals surface area contributed by atoms with Crippen LogP contribution >= 0.6 is 11.6 Å². The van der Waals surface area contributed by atoms with E-state index in [-0.39, 0.29) is 16.3 Å². The van der Waals surface area contributed by atoms with Crippen LogP contribution in [0.3, 0.4) is 0 Å². The molecule has 0 aliphatic carbocycles. The zero-order valence-corrected chi connectivity index (χ0v) is 12.0. The van der Waals surface area contributed by atoms with Crippen molar-refractivity contribution in [3.8, 4) is 0 Å². The number of nitrogens with zero attached hydrogens (tertiary/aromatic N) is 1. The van der Waals surface area contributed by atoms with Gasteiger partial charge in [-0.2, -0.15) is 0 Å². The summed E-state index contributed by atoms with van der Waals surface area (Å²) in [4.78, 5) is 0. The third-order valence-electron chi connectivity index (χ3n) is 3.05. The molecule has 0 spiro atoms. The van der Waals surface area contributed by atoms with Crippen molar-refractivity contribution in [2.75, 3.05) is 26.2 Å². The van der Waals surface area contributed by atoms with Gasteiger partial charge in [0.1, 0.15) is 5.82 Å². The van der Waals surface area contributed by atoms with Crippen molar-refractivity contribution in [3.63, 3.8) is 0 Å². The van der Waals surface area contributed by atoms with Crippen molar-refractivity contribution >= 4 is 21.6 Å². The zero-order chi connectivity index (χ0) is 13.9. The van der Waals surface area contributed by atoms with Gasteiger partial charge in [0, 0.05) is 30.2 Å². The summed E-state index contributed by atoms with van der Waals surface area (Å²) in [6.45, 7) is 2.34. The van der Waals surface area contributed by atoms with Crippen LogP contribution in [0.25, 0.3) is 0 Å². The van der Waals surface area contributed by atoms with Crippen LogP contribution < -0.4 is 5.32 Å². The van der Waals surface area contributed by atoms with Crippen molar-refractivity contribution in [3.05, 3.63) is 34.6 Å². The molecule has 0 saturated carbocycles. The Balaban J connectivity index is 2.15. The van der Waals surface area contributed by atoms with Crippen LogP contribution in [0, 0.1) is 5.82 Å². The Bertz CT molecular complexity index is 543. The lowest BCUT2D eigenvalue weighted by Gasteiger charge is -2.19. The standard InChI is InChI=1S/C12H16ClFN2O2S/c13-11-3-2-10(12(14)8-11)9-19(17,18)16-6-1-4-15-5-7-16/h2-3,8,15H,1,4-7,9H2. The maximum Gasteiger partial charge on any atom is 0.218 e. The van der Waals surface area contributed by atoms with Gasteiger partial charge < -0.3 is 5.32 Å². The summed E-state index contributed by atoms with van der Waals surface area (Å²) in [5.74, 6) is -0.903. The molecule has 106 valence electrons. The third kappa shape index (κ3) is 3.89. The first-order valence-electron chi connectivity index (χ1n) is 6.11. The third-order valence-corrected chi connectivity index (χ3v) is 5.11. The Morgan fingerprint density at radius 2 is 2.11 bits per heavy atom. The van der Waals surface area contributed by atoms with E-state index in [1.165, 1.54) is 16.4 Å². The number of nitrogens with one attached hydrogen (secondary N) is 1. The van der Waals surface area contributed by atoms with Gasteiger partial charge in [-0.25, -0.2) is 17.1 Å². The molecule has 1 aromatic rings. The summed E-state index contributed by atoms with van der Waals surface area (Å²) in [6, 6.07) is 4.06. The highest BCUT2D eigenvalue weighted by Crippen LogP contribution is 2.18. The fraction of sp³-hybridized carbons (Fsp3) is 0.500. The Labute approximate surface area is 117 Å². The smallest absolute Gasteiger partial charge is 0.218 e. The highest BCUT2D eigenvalue weighted by atomic mass is 35.5. The van der Waals surface area contributed by atoms with Gasteiger partial charge in [0.25, 0.3) is 0 Å². The summed E-state index contributed by atoms with van der Waals surface area (Å²) in [7, 11) is -3.48. The Morgan fingerprint density at radius 1 is 1.32 bits per heavy atom. The molecule has 0 aromatic heterocycles. The molecule has 7 heteroatoms. The molecule has 1 saturated heterocycles. The second-order valence-corrected chi connectivity index (χ2v) is 6.90. The number of hydrogen-bond donors (Lipinski definition) is 1. The highest BCUT2D eigenvalue weighted by molar-refractivity contribution is 7.88. The largest absolute Gasteiger partial charge is 0.315 e. The van der Waals surface area contributed by atoms with Crippen LogP contribution in [0.5, 0.6) is 0 Å². The molecule has 1 N–H and O–H groups in total. The minimum Gasteiger partial charge on any atom is -0.315 e. The van der Waals surface area contributed by atoms with Gasteiger partial charge in [0.15, 0.2) is 0 Å². The van der Waals surface area contributed by atoms with Crippen LogP contribution in [-0.2, 0) is 15.8 Å². The fourth-order valence-corrected chi connectivity index (χ4v) is 3.77. The number of rotatable bonds is 3. The molecule has 19 heavy (non-hydrogen) atoms. The van der Waals surface area contributed by atoms with E-state index in [4.69, 9.17) is 11.6 Å². The molecule has 0 atom stereocenters. The average molecular weight is 307 g/mol. The van der Waals surface area contributed by atoms with E-state index in [0.29, 0.717) is 19.6 Å². The zero-order valence-electron chi connectivity index (χ0n) is 10.4. The Morgan fingerprint density at radius 3 is 2.84 bits per heavy atom. The number of hydrogen-bond acceptors (Lipinski definition) is 3. The van der Waals surface area contributed by atoms with Gasteiger partial charge >= 0.3 is 0 Å². The van der Waals surface area contributed by atoms with Crippen LogP contribution in [0.4, 0.5) is 4.39 Å². The van der Waals surface area contributed by atoms with Crippen LogP contribution in [0.1, 0.15) is 12.0 Å². The molecular formula is C12H16ClFN2O2S. The molecule has 1 fully saturated rings. The molecule has 1 aliphatic rings. The van der Waals surface area contributed by atoms with Crippen LogP contribution in [0.2, 0.25) is 5.02 Å². The highest BCUT2D eigenvalue weighted by Gasteiger charge is 2.24. The van der Waals surface area contributed by atoms with Gasteiger partial charge in [-0.1, -0.05) is 17.7 Å². The van der Waals surface area contributed by atoms with E-state index in [2.05, 4.69) is 5.32 Å². The molecule has 0 amide bonds. The Kier molecular flexibility index (Phi) is 4.78. The fourth-order valence-electron chi connectivity index (χ4n) is 2.03. The number of halogens is 2. The van der Waals surface area contributed by atoms with Crippen molar-refractivity contribution in [1.29, 1.82) is 0 Å². The van der Waals surface area contributed by atoms with Crippen molar-refractivity contribution in [2.24, 2.45) is 0 Å². The van der Waals surface area contributed by atoms with E-state index in [1.807, 2.05) is 0 Å². The van der Waals surface area contributed by atoms with E-state index in [1.54, 1.807) is 0 Å². The molecular weight excluding hydrogens is 291 g/mol. The van der Waals surface area contributed by atoms with Gasteiger partial charge in [-0.3, -0.25) is 0 Å². The lowest BCUT2D eigenvalue weighted by Crippen LogP contribution is -2.35. The first kappa shape index (κ1) is 14.7. The second-order valence-electron chi connectivity index (χ2n) is 4.49. The first-order chi connectivity index (χ1) is 8.99. The summed E-state index contributed by atoms with van der Waals surface area (Å²) in [6.07, 6.45) is 0.766. The summed E-state index contributed by atoms with van der Waals surface area (Å²) in [5, 5.41) is 3.40. The van der Waals surface area contributed by atoms with Crippen LogP contribution in [-0.4, -0.2) is 38.9 Å². The SMILES string of the molecule is O=S(=O)(Cc1ccc(Cl)cc1F)N1CCCNCC1. The van der Waals surface area contributed by atoms with E-state index in [0.717, 1.165) is 19.0 Å². The van der Waals surface area contributed by atoms with Gasteiger partial charge in [0.05, 0.1) is 5.75 Å². The molecule has 0 bridgehead atoms. The molecule has 4 nitrogen and oxygen atoms in total. The maximum atomic E-state index is 13.6. The summed E-state index contributed by atoms with van der Waals surface area (Å²) < 4.78 is 39.6. The molecule has 0 radical (unpaired) electrons. The maximum absolute atomic E-state index is 13.6. The second kappa shape index (κ2) is 6.17. The monoisotopic (exact) mass is 306 g/mol. The minimum atomic E-state index is -3.48. The quantitative estimate of drug-likeness (QED) is 0.923. The van der Waals surface area contributed by atoms with Crippen molar-refractivity contribution in [1.82, 2.24) is 9.62 Å². The van der Waals surface area contributed by atoms with Crippen LogP contribution in [0.15, 0.2) is 18.2 Å². The van der Waals surface area contributed by atoms with Gasteiger partial charge in [0.2, 0.25) is 10.0 Å². The van der Waals surface area contributed by atoms with E-state index >= 15 is 0 Å². The lowest BCUT2D eigenvalue weighted by atomic mass is 10.2. The van der Waals surface area contributed by atoms with Crippen molar-refractivity contribution < 1.29 is 12.8 Å². The molecule has 2 rings (SSSR count).